The smallest absolute Gasteiger partial charge is 0.418 e. The molecule has 0 fully saturated rings. The third kappa shape index (κ3) is 3.46. The average Bonchev–Trinajstić information content (AvgIpc) is 2.28. The number of nitrogens with one attached hydrogen (secondary N) is 1. The van der Waals surface area contributed by atoms with Crippen LogP contribution in [0.4, 0.5) is 18.9 Å². The molecule has 0 bridgehead atoms. The summed E-state index contributed by atoms with van der Waals surface area (Å²) in [7, 11) is 0.953. The number of ether oxygens (including phenoxy) is 1. The number of benzene rings is 1. The maximum atomic E-state index is 12.7. The van der Waals surface area contributed by atoms with Gasteiger partial charge in [0.25, 0.3) is 0 Å². The second kappa shape index (κ2) is 5.38. The van der Waals surface area contributed by atoms with Crippen LogP contribution in [0, 0.1) is 0 Å². The lowest BCUT2D eigenvalue weighted by Gasteiger charge is -2.13. The number of halogens is 4. The lowest BCUT2D eigenvalue weighted by atomic mass is 10.1. The van der Waals surface area contributed by atoms with E-state index in [1.807, 2.05) is 5.32 Å². The molecule has 0 atom stereocenters. The molecule has 0 saturated carbocycles. The van der Waals surface area contributed by atoms with E-state index in [1.165, 1.54) is 6.07 Å². The highest BCUT2D eigenvalue weighted by Crippen LogP contribution is 2.36. The van der Waals surface area contributed by atoms with Gasteiger partial charge in [0, 0.05) is 4.47 Å². The molecule has 0 aliphatic rings. The third-order valence-electron chi connectivity index (χ3n) is 1.91. The van der Waals surface area contributed by atoms with Crippen molar-refractivity contribution >= 4 is 33.5 Å². The number of esters is 1. The van der Waals surface area contributed by atoms with E-state index in [0.29, 0.717) is 0 Å². The highest BCUT2D eigenvalue weighted by Gasteiger charge is 2.34. The fourth-order valence-corrected chi connectivity index (χ4v) is 1.49. The molecule has 0 aliphatic carbocycles. The van der Waals surface area contributed by atoms with Gasteiger partial charge in [-0.15, -0.1) is 0 Å². The molecular formula is C10H7BrF3NO3. The van der Waals surface area contributed by atoms with E-state index in [0.717, 1.165) is 19.2 Å². The first-order chi connectivity index (χ1) is 8.25. The molecule has 1 rings (SSSR count). The number of hydrogen-bond donors (Lipinski definition) is 1. The van der Waals surface area contributed by atoms with E-state index >= 15 is 0 Å². The van der Waals surface area contributed by atoms with Crippen LogP contribution in [0.3, 0.4) is 0 Å². The summed E-state index contributed by atoms with van der Waals surface area (Å²) in [5, 5.41) is 1.84. The Balaban J connectivity index is 3.10. The van der Waals surface area contributed by atoms with Gasteiger partial charge in [0.05, 0.1) is 18.4 Å². The molecule has 0 radical (unpaired) electrons. The molecule has 98 valence electrons. The fourth-order valence-electron chi connectivity index (χ4n) is 1.13. The van der Waals surface area contributed by atoms with Gasteiger partial charge in [-0.1, -0.05) is 15.9 Å². The maximum absolute atomic E-state index is 12.7. The van der Waals surface area contributed by atoms with E-state index in [9.17, 15) is 22.8 Å². The van der Waals surface area contributed by atoms with Crippen LogP contribution < -0.4 is 5.32 Å². The molecule has 0 heterocycles. The number of hydrogen-bond acceptors (Lipinski definition) is 3. The molecule has 18 heavy (non-hydrogen) atoms. The molecule has 0 aliphatic heterocycles. The lowest BCUT2D eigenvalue weighted by molar-refractivity contribution is -0.150. The first-order valence-electron chi connectivity index (χ1n) is 4.51. The van der Waals surface area contributed by atoms with Crippen LogP contribution in [0.1, 0.15) is 5.56 Å². The van der Waals surface area contributed by atoms with Gasteiger partial charge < -0.3 is 10.1 Å². The van der Waals surface area contributed by atoms with E-state index in [1.54, 1.807) is 0 Å². The quantitative estimate of drug-likeness (QED) is 0.637. The Bertz CT molecular complexity index is 488. The Hall–Kier alpha value is -1.57. The number of carbonyl (C=O) groups is 2. The average molecular weight is 326 g/mol. The molecule has 4 nitrogen and oxygen atoms in total. The van der Waals surface area contributed by atoms with Gasteiger partial charge in [0.1, 0.15) is 0 Å². The van der Waals surface area contributed by atoms with Crippen molar-refractivity contribution in [3.05, 3.63) is 28.2 Å². The highest BCUT2D eigenvalue weighted by molar-refractivity contribution is 9.10. The summed E-state index contributed by atoms with van der Waals surface area (Å²) < 4.78 is 42.3. The first kappa shape index (κ1) is 14.5. The molecule has 1 aromatic rings. The van der Waals surface area contributed by atoms with Crippen LogP contribution in [-0.2, 0) is 20.5 Å². The predicted octanol–water partition coefficient (Wildman–Crippen LogP) is 2.58. The molecule has 1 amide bonds. The van der Waals surface area contributed by atoms with Gasteiger partial charge in [-0.2, -0.15) is 13.2 Å². The monoisotopic (exact) mass is 325 g/mol. The maximum Gasteiger partial charge on any atom is 0.418 e. The van der Waals surface area contributed by atoms with E-state index in [-0.39, 0.29) is 4.47 Å². The normalized spacial score (nSPS) is 10.9. The number of amides is 1. The molecular weight excluding hydrogens is 319 g/mol. The van der Waals surface area contributed by atoms with Crippen molar-refractivity contribution in [3.63, 3.8) is 0 Å². The Morgan fingerprint density at radius 2 is 1.94 bits per heavy atom. The minimum atomic E-state index is -4.65. The summed E-state index contributed by atoms with van der Waals surface area (Å²) in [4.78, 5) is 22.0. The Labute approximate surface area is 108 Å². The zero-order valence-electron chi connectivity index (χ0n) is 8.97. The standard InChI is InChI=1S/C10H7BrF3NO3/c1-18-9(17)8(16)15-7-3-2-5(11)4-6(7)10(12,13)14/h2-4H,1H3,(H,15,16). The van der Waals surface area contributed by atoms with Crippen molar-refractivity contribution in [2.45, 2.75) is 6.18 Å². The Morgan fingerprint density at radius 1 is 1.33 bits per heavy atom. The summed E-state index contributed by atoms with van der Waals surface area (Å²) in [5.41, 5.74) is -1.57. The number of alkyl halides is 3. The fraction of sp³-hybridized carbons (Fsp3) is 0.200. The first-order valence-corrected chi connectivity index (χ1v) is 5.31. The number of anilines is 1. The zero-order valence-corrected chi connectivity index (χ0v) is 10.6. The van der Waals surface area contributed by atoms with E-state index < -0.39 is 29.3 Å². The van der Waals surface area contributed by atoms with Gasteiger partial charge in [0.15, 0.2) is 0 Å². The summed E-state index contributed by atoms with van der Waals surface area (Å²) >= 11 is 2.89. The van der Waals surface area contributed by atoms with Crippen LogP contribution in [0.2, 0.25) is 0 Å². The summed E-state index contributed by atoms with van der Waals surface area (Å²) in [6, 6.07) is 3.14. The number of carbonyl (C=O) groups excluding carboxylic acids is 2. The molecule has 1 aromatic carbocycles. The van der Waals surface area contributed by atoms with Gasteiger partial charge >= 0.3 is 18.1 Å². The molecule has 0 aromatic heterocycles. The minimum absolute atomic E-state index is 0.200. The topological polar surface area (TPSA) is 55.4 Å². The lowest BCUT2D eigenvalue weighted by Crippen LogP contribution is -2.25. The highest BCUT2D eigenvalue weighted by atomic mass is 79.9. The SMILES string of the molecule is COC(=O)C(=O)Nc1ccc(Br)cc1C(F)(F)F. The largest absolute Gasteiger partial charge is 0.462 e. The second-order valence-electron chi connectivity index (χ2n) is 3.13. The van der Waals surface area contributed by atoms with Crippen molar-refractivity contribution in [2.24, 2.45) is 0 Å². The van der Waals surface area contributed by atoms with Crippen molar-refractivity contribution in [1.29, 1.82) is 0 Å². The zero-order chi connectivity index (χ0) is 13.9. The predicted molar refractivity (Wildman–Crippen MR) is 59.8 cm³/mol. The molecule has 1 N–H and O–H groups in total. The molecule has 0 saturated heterocycles. The van der Waals surface area contributed by atoms with Gasteiger partial charge in [-0.3, -0.25) is 4.79 Å². The summed E-state index contributed by atoms with van der Waals surface area (Å²) in [5.74, 6) is -2.55. The van der Waals surface area contributed by atoms with Crippen LogP contribution in [0.15, 0.2) is 22.7 Å². The summed E-state index contributed by atoms with van der Waals surface area (Å²) in [6.45, 7) is 0. The van der Waals surface area contributed by atoms with Crippen molar-refractivity contribution in [1.82, 2.24) is 0 Å². The molecule has 8 heteroatoms. The number of rotatable bonds is 1. The van der Waals surface area contributed by atoms with Crippen LogP contribution >= 0.6 is 15.9 Å². The molecule has 0 unspecified atom stereocenters. The second-order valence-corrected chi connectivity index (χ2v) is 4.05. The third-order valence-corrected chi connectivity index (χ3v) is 2.40. The van der Waals surface area contributed by atoms with Crippen molar-refractivity contribution in [2.75, 3.05) is 12.4 Å². The van der Waals surface area contributed by atoms with Crippen molar-refractivity contribution < 1.29 is 27.5 Å². The van der Waals surface area contributed by atoms with Crippen LogP contribution in [-0.4, -0.2) is 19.0 Å². The minimum Gasteiger partial charge on any atom is -0.462 e. The Morgan fingerprint density at radius 3 is 2.44 bits per heavy atom. The van der Waals surface area contributed by atoms with Crippen LogP contribution in [0.25, 0.3) is 0 Å². The van der Waals surface area contributed by atoms with Gasteiger partial charge in [0.2, 0.25) is 0 Å². The van der Waals surface area contributed by atoms with E-state index in [2.05, 4.69) is 20.7 Å². The van der Waals surface area contributed by atoms with Gasteiger partial charge in [-0.25, -0.2) is 4.79 Å². The van der Waals surface area contributed by atoms with Crippen LogP contribution in [0.5, 0.6) is 0 Å². The summed E-state index contributed by atoms with van der Waals surface area (Å²) in [6.07, 6.45) is -4.65. The van der Waals surface area contributed by atoms with Gasteiger partial charge in [-0.05, 0) is 18.2 Å². The van der Waals surface area contributed by atoms with E-state index in [4.69, 9.17) is 0 Å². The molecule has 0 spiro atoms. The van der Waals surface area contributed by atoms with Crippen molar-refractivity contribution in [3.8, 4) is 0 Å². The Kier molecular flexibility index (Phi) is 4.33. The number of methoxy groups -OCH3 is 1.